The SMILES string of the molecule is N#C/C(=C/c1cccc(Cl)c1)C(=O)NCCCO. The molecule has 2 N–H and O–H groups in total. The van der Waals surface area contributed by atoms with Gasteiger partial charge in [-0.1, -0.05) is 23.7 Å². The average Bonchev–Trinajstić information content (AvgIpc) is 2.36. The molecule has 4 nitrogen and oxygen atoms in total. The minimum Gasteiger partial charge on any atom is -0.396 e. The monoisotopic (exact) mass is 264 g/mol. The van der Waals surface area contributed by atoms with Crippen LogP contribution < -0.4 is 5.32 Å². The maximum absolute atomic E-state index is 11.6. The van der Waals surface area contributed by atoms with Gasteiger partial charge in [-0.15, -0.1) is 0 Å². The van der Waals surface area contributed by atoms with Crippen molar-refractivity contribution in [2.45, 2.75) is 6.42 Å². The van der Waals surface area contributed by atoms with Crippen LogP contribution >= 0.6 is 11.6 Å². The van der Waals surface area contributed by atoms with E-state index in [2.05, 4.69) is 5.32 Å². The Morgan fingerprint density at radius 3 is 2.94 bits per heavy atom. The van der Waals surface area contributed by atoms with E-state index in [-0.39, 0.29) is 12.2 Å². The molecule has 0 aliphatic heterocycles. The number of hydrogen-bond donors (Lipinski definition) is 2. The third-order valence-corrected chi connectivity index (χ3v) is 2.38. The predicted octanol–water partition coefficient (Wildman–Crippen LogP) is 1.75. The van der Waals surface area contributed by atoms with Gasteiger partial charge in [0.1, 0.15) is 11.6 Å². The summed E-state index contributed by atoms with van der Waals surface area (Å²) in [5.41, 5.74) is 0.701. The predicted molar refractivity (Wildman–Crippen MR) is 69.8 cm³/mol. The summed E-state index contributed by atoms with van der Waals surface area (Å²) in [6.07, 6.45) is 1.93. The summed E-state index contributed by atoms with van der Waals surface area (Å²) in [6.45, 7) is 0.337. The van der Waals surface area contributed by atoms with E-state index in [1.165, 1.54) is 6.08 Å². The molecule has 1 aromatic carbocycles. The van der Waals surface area contributed by atoms with Crippen molar-refractivity contribution in [3.05, 3.63) is 40.4 Å². The molecule has 0 unspecified atom stereocenters. The number of amides is 1. The van der Waals surface area contributed by atoms with Gasteiger partial charge in [0.2, 0.25) is 0 Å². The Bertz CT molecular complexity index is 492. The van der Waals surface area contributed by atoms with E-state index in [1.807, 2.05) is 6.07 Å². The minimum atomic E-state index is -0.453. The molecule has 0 aliphatic rings. The van der Waals surface area contributed by atoms with Gasteiger partial charge < -0.3 is 10.4 Å². The number of carbonyl (C=O) groups is 1. The number of aliphatic hydroxyl groups excluding tert-OH is 1. The van der Waals surface area contributed by atoms with Crippen molar-refractivity contribution in [2.24, 2.45) is 0 Å². The van der Waals surface area contributed by atoms with E-state index in [0.717, 1.165) is 0 Å². The van der Waals surface area contributed by atoms with Gasteiger partial charge in [0.15, 0.2) is 0 Å². The maximum Gasteiger partial charge on any atom is 0.261 e. The van der Waals surface area contributed by atoms with E-state index in [1.54, 1.807) is 24.3 Å². The number of nitrogens with zero attached hydrogens (tertiary/aromatic N) is 1. The second-order valence-corrected chi connectivity index (χ2v) is 3.99. The van der Waals surface area contributed by atoms with Crippen molar-refractivity contribution < 1.29 is 9.90 Å². The molecule has 1 aromatic rings. The Hall–Kier alpha value is -1.83. The molecule has 94 valence electrons. The molecule has 0 saturated heterocycles. The van der Waals surface area contributed by atoms with Crippen molar-refractivity contribution in [1.82, 2.24) is 5.32 Å². The number of benzene rings is 1. The zero-order chi connectivity index (χ0) is 13.4. The minimum absolute atomic E-state index is 0.000173. The molecule has 0 saturated carbocycles. The Morgan fingerprint density at radius 1 is 1.56 bits per heavy atom. The molecule has 0 fully saturated rings. The van der Waals surface area contributed by atoms with Crippen molar-refractivity contribution in [3.63, 3.8) is 0 Å². The lowest BCUT2D eigenvalue weighted by Gasteiger charge is -2.02. The summed E-state index contributed by atoms with van der Waals surface area (Å²) in [5, 5.41) is 20.6. The summed E-state index contributed by atoms with van der Waals surface area (Å²) < 4.78 is 0. The van der Waals surface area contributed by atoms with Gasteiger partial charge in [0.05, 0.1) is 0 Å². The van der Waals surface area contributed by atoms with Crippen LogP contribution in [0.1, 0.15) is 12.0 Å². The number of hydrogen-bond acceptors (Lipinski definition) is 3. The largest absolute Gasteiger partial charge is 0.396 e. The van der Waals surface area contributed by atoms with Gasteiger partial charge in [-0.25, -0.2) is 0 Å². The average molecular weight is 265 g/mol. The Balaban J connectivity index is 2.77. The summed E-state index contributed by atoms with van der Waals surface area (Å²) in [5.74, 6) is -0.453. The van der Waals surface area contributed by atoms with E-state index >= 15 is 0 Å². The van der Waals surface area contributed by atoms with Crippen LogP contribution in [0.25, 0.3) is 6.08 Å². The summed E-state index contributed by atoms with van der Waals surface area (Å²) in [4.78, 5) is 11.6. The molecule has 0 atom stereocenters. The summed E-state index contributed by atoms with van der Waals surface area (Å²) >= 11 is 5.81. The number of nitriles is 1. The smallest absolute Gasteiger partial charge is 0.261 e. The molecule has 0 aliphatic carbocycles. The molecule has 0 spiro atoms. The van der Waals surface area contributed by atoms with Gasteiger partial charge >= 0.3 is 0 Å². The Labute approximate surface area is 110 Å². The highest BCUT2D eigenvalue weighted by Gasteiger charge is 2.07. The van der Waals surface area contributed by atoms with Gasteiger partial charge in [0, 0.05) is 18.2 Å². The fourth-order valence-corrected chi connectivity index (χ4v) is 1.49. The van der Waals surface area contributed by atoms with Gasteiger partial charge in [-0.2, -0.15) is 5.26 Å². The van der Waals surface area contributed by atoms with Crippen molar-refractivity contribution in [3.8, 4) is 6.07 Å². The van der Waals surface area contributed by atoms with Crippen LogP contribution in [0.2, 0.25) is 5.02 Å². The van der Waals surface area contributed by atoms with Gasteiger partial charge in [-0.3, -0.25) is 4.79 Å². The molecule has 0 aromatic heterocycles. The van der Waals surface area contributed by atoms with Crippen LogP contribution in [-0.4, -0.2) is 24.2 Å². The molecular weight excluding hydrogens is 252 g/mol. The number of halogens is 1. The summed E-state index contributed by atoms with van der Waals surface area (Å²) in [6, 6.07) is 8.72. The van der Waals surface area contributed by atoms with Crippen LogP contribution in [0, 0.1) is 11.3 Å². The van der Waals surface area contributed by atoms with E-state index in [9.17, 15) is 4.79 Å². The van der Waals surface area contributed by atoms with E-state index in [4.69, 9.17) is 22.0 Å². The van der Waals surface area contributed by atoms with E-state index in [0.29, 0.717) is 23.6 Å². The van der Waals surface area contributed by atoms with Crippen LogP contribution in [-0.2, 0) is 4.79 Å². The van der Waals surface area contributed by atoms with Crippen molar-refractivity contribution in [2.75, 3.05) is 13.2 Å². The lowest BCUT2D eigenvalue weighted by molar-refractivity contribution is -0.117. The molecular formula is C13H13ClN2O2. The first-order chi connectivity index (χ1) is 8.67. The molecule has 18 heavy (non-hydrogen) atoms. The number of aliphatic hydroxyl groups is 1. The van der Waals surface area contributed by atoms with Crippen LogP contribution in [0.3, 0.4) is 0 Å². The first kappa shape index (κ1) is 14.2. The van der Waals surface area contributed by atoms with Crippen molar-refractivity contribution in [1.29, 1.82) is 5.26 Å². The molecule has 1 rings (SSSR count). The molecule has 1 amide bonds. The Morgan fingerprint density at radius 2 is 2.33 bits per heavy atom. The topological polar surface area (TPSA) is 73.1 Å². The number of nitrogens with one attached hydrogen (secondary N) is 1. The van der Waals surface area contributed by atoms with Gasteiger partial charge in [0.25, 0.3) is 5.91 Å². The first-order valence-corrected chi connectivity index (χ1v) is 5.81. The second-order valence-electron chi connectivity index (χ2n) is 3.56. The highest BCUT2D eigenvalue weighted by atomic mass is 35.5. The highest BCUT2D eigenvalue weighted by Crippen LogP contribution is 2.13. The third-order valence-electron chi connectivity index (χ3n) is 2.15. The zero-order valence-electron chi connectivity index (χ0n) is 9.69. The third kappa shape index (κ3) is 4.58. The molecule has 0 radical (unpaired) electrons. The quantitative estimate of drug-likeness (QED) is 0.483. The fraction of sp³-hybridized carbons (Fsp3) is 0.231. The second kappa shape index (κ2) is 7.49. The van der Waals surface area contributed by atoms with Crippen molar-refractivity contribution >= 4 is 23.6 Å². The zero-order valence-corrected chi connectivity index (χ0v) is 10.4. The molecule has 0 bridgehead atoms. The molecule has 0 heterocycles. The standard InChI is InChI=1S/C13H13ClN2O2/c14-12-4-1-3-10(8-12)7-11(9-15)13(18)16-5-2-6-17/h1,3-4,7-8,17H,2,5-6H2,(H,16,18)/b11-7-. The maximum atomic E-state index is 11.6. The number of rotatable bonds is 5. The lowest BCUT2D eigenvalue weighted by Crippen LogP contribution is -2.26. The first-order valence-electron chi connectivity index (χ1n) is 5.44. The van der Waals surface area contributed by atoms with Crippen LogP contribution in [0.4, 0.5) is 0 Å². The molecule has 5 heteroatoms. The van der Waals surface area contributed by atoms with Crippen LogP contribution in [0.5, 0.6) is 0 Å². The van der Waals surface area contributed by atoms with Crippen LogP contribution in [0.15, 0.2) is 29.8 Å². The van der Waals surface area contributed by atoms with Gasteiger partial charge in [-0.05, 0) is 30.2 Å². The Kier molecular flexibility index (Phi) is 5.92. The number of carbonyl (C=O) groups excluding carboxylic acids is 1. The normalized spacial score (nSPS) is 10.8. The fourth-order valence-electron chi connectivity index (χ4n) is 1.29. The summed E-state index contributed by atoms with van der Waals surface area (Å²) in [7, 11) is 0. The van der Waals surface area contributed by atoms with E-state index < -0.39 is 5.91 Å². The lowest BCUT2D eigenvalue weighted by atomic mass is 10.1. The highest BCUT2D eigenvalue weighted by molar-refractivity contribution is 6.30.